The zero-order chi connectivity index (χ0) is 57.0. The van der Waals surface area contributed by atoms with E-state index in [1.54, 1.807) is 30.3 Å². The summed E-state index contributed by atoms with van der Waals surface area (Å²) < 4.78 is 94.1. The summed E-state index contributed by atoms with van der Waals surface area (Å²) in [6.07, 6.45) is 8.85. The number of ether oxygens (including phenoxy) is 1. The number of hydrogen-bond acceptors (Lipinski definition) is 14. The monoisotopic (exact) mass is 1160 g/mol. The molecule has 0 radical (unpaired) electrons. The smallest absolute Gasteiger partial charge is 0.390 e. The molecule has 422 valence electrons. The number of benzene rings is 3. The van der Waals surface area contributed by atoms with Gasteiger partial charge in [-0.05, 0) is 87.9 Å². The van der Waals surface area contributed by atoms with E-state index in [2.05, 4.69) is 79.5 Å². The van der Waals surface area contributed by atoms with E-state index in [0.29, 0.717) is 31.4 Å². The number of rotatable bonds is 24. The molecular weight excluding hydrogens is 1090 g/mol. The van der Waals surface area contributed by atoms with Crippen LogP contribution < -0.4 is 21.5 Å². The highest BCUT2D eigenvalue weighted by molar-refractivity contribution is 7.85. The van der Waals surface area contributed by atoms with Gasteiger partial charge in [-0.2, -0.15) is 17.3 Å². The van der Waals surface area contributed by atoms with Gasteiger partial charge in [0.25, 0.3) is 15.7 Å². The van der Waals surface area contributed by atoms with E-state index in [1.807, 2.05) is 38.2 Å². The van der Waals surface area contributed by atoms with Crippen molar-refractivity contribution in [2.45, 2.75) is 121 Å². The maximum absolute atomic E-state index is 12.9. The maximum Gasteiger partial charge on any atom is 0.488 e. The number of nitrogens with one attached hydrogen (secondary N) is 2. The Balaban J connectivity index is 0.858. The summed E-state index contributed by atoms with van der Waals surface area (Å²) in [7, 11) is -20.6. The van der Waals surface area contributed by atoms with Crippen LogP contribution in [0.2, 0.25) is 0 Å². The SMILES string of the molecule is CCN1/C(=C/C=C/C=C/C2=[N+](CCCCCC(=O)NCc3ccc(CCP(=O)(O)OP(=O)(O)OP(=O)(O)OCC4OC(n5cc(C)c(=O)[nH]c5=O)CC4O)cc3)c3ccc(S(=O)(=O)O)cc3C2(C)C)C(C)(C)c2ccccc21. The first-order valence-electron chi connectivity index (χ1n) is 25.3. The van der Waals surface area contributed by atoms with Crippen molar-refractivity contribution < 1.29 is 73.7 Å². The second kappa shape index (κ2) is 24.2. The predicted octanol–water partition coefficient (Wildman–Crippen LogP) is 7.49. The second-order valence-corrected chi connectivity index (χ2v) is 26.9. The Morgan fingerprint density at radius 1 is 0.910 bits per heavy atom. The number of aliphatic hydroxyl groups excluding tert-OH is 1. The molecule has 3 aromatic carbocycles. The lowest BCUT2D eigenvalue weighted by Gasteiger charge is -2.25. The van der Waals surface area contributed by atoms with Crippen molar-refractivity contribution in [2.24, 2.45) is 0 Å². The Bertz CT molecular complexity index is 3430. The van der Waals surface area contributed by atoms with Crippen LogP contribution in [0, 0.1) is 6.92 Å². The molecule has 78 heavy (non-hydrogen) atoms. The van der Waals surface area contributed by atoms with Gasteiger partial charge in [0.2, 0.25) is 11.6 Å². The predicted molar refractivity (Wildman–Crippen MR) is 291 cm³/mol. The molecule has 0 saturated carbocycles. The number of carbonyl (C=O) groups excluding carboxylic acids is 1. The Morgan fingerprint density at radius 3 is 2.32 bits per heavy atom. The maximum atomic E-state index is 12.9. The summed E-state index contributed by atoms with van der Waals surface area (Å²) in [5.74, 6) is -0.172. The standard InChI is InChI=1S/C52H66N5O17P3S/c1-7-55-41-17-14-13-16-39(41)51(3,4)45(55)18-10-8-11-19-46-52(5,6)40-30-38(78(68,69)70)25-26-42(40)56(46)28-15-9-12-20-47(59)53-32-37-23-21-36(22-24-37)27-29-75(62,63)73-77(66,67)74-76(64,65)71-34-44-43(58)31-48(72-44)57-33-35(2)49(60)54-50(57)61/h8,10-11,13-14,16-19,21-26,30,33,43-44,48,58H,7,9,12,15,20,27-29,31-32,34H2,1-6H3,(H5-,53,54,59,60,61,62,63,64,65,66,67,68,69,70)/p+1. The van der Waals surface area contributed by atoms with Gasteiger partial charge in [0.05, 0.1) is 29.2 Å². The first kappa shape index (κ1) is 60.4. The van der Waals surface area contributed by atoms with Gasteiger partial charge in [-0.1, -0.05) is 74.5 Å². The number of allylic oxidation sites excluding steroid dienone is 6. The zero-order valence-electron chi connectivity index (χ0n) is 44.1. The number of carbonyl (C=O) groups is 1. The van der Waals surface area contributed by atoms with Crippen LogP contribution in [-0.4, -0.2) is 96.6 Å². The summed E-state index contributed by atoms with van der Waals surface area (Å²) in [4.78, 5) is 71.6. The number of hydrogen-bond donors (Lipinski definition) is 7. The van der Waals surface area contributed by atoms with Gasteiger partial charge >= 0.3 is 28.9 Å². The van der Waals surface area contributed by atoms with Crippen molar-refractivity contribution in [3.05, 3.63) is 158 Å². The molecule has 6 unspecified atom stereocenters. The van der Waals surface area contributed by atoms with Crippen LogP contribution in [0.15, 0.2) is 123 Å². The van der Waals surface area contributed by atoms with Crippen molar-refractivity contribution >= 4 is 56.4 Å². The molecule has 1 saturated heterocycles. The molecule has 3 aliphatic heterocycles. The van der Waals surface area contributed by atoms with Crippen LogP contribution in [0.25, 0.3) is 0 Å². The number of H-pyrrole nitrogens is 1. The third kappa shape index (κ3) is 14.6. The number of aliphatic hydroxyl groups is 1. The molecule has 7 rings (SSSR count). The number of nitrogens with zero attached hydrogens (tertiary/aromatic N) is 3. The Labute approximate surface area is 452 Å². The summed E-state index contributed by atoms with van der Waals surface area (Å²) in [5.41, 5.74) is 5.40. The van der Waals surface area contributed by atoms with Crippen molar-refractivity contribution in [1.82, 2.24) is 14.9 Å². The van der Waals surface area contributed by atoms with Gasteiger partial charge in [0.15, 0.2) is 5.71 Å². The second-order valence-electron chi connectivity index (χ2n) is 20.3. The highest BCUT2D eigenvalue weighted by Crippen LogP contribution is 2.67. The topological polar surface area (TPSA) is 314 Å². The number of fused-ring (bicyclic) bond motifs is 2. The first-order valence-corrected chi connectivity index (χ1v) is 31.5. The van der Waals surface area contributed by atoms with E-state index in [0.717, 1.165) is 33.6 Å². The van der Waals surface area contributed by atoms with Gasteiger partial charge in [0.1, 0.15) is 18.9 Å². The number of likely N-dealkylation sites (N-methyl/N-ethyl adjacent to an activating group) is 1. The molecule has 1 fully saturated rings. The van der Waals surface area contributed by atoms with Crippen molar-refractivity contribution in [3.63, 3.8) is 0 Å². The number of aromatic nitrogens is 2. The van der Waals surface area contributed by atoms with E-state index in [1.165, 1.54) is 42.2 Å². The third-order valence-electron chi connectivity index (χ3n) is 14.0. The van der Waals surface area contributed by atoms with Crippen molar-refractivity contribution in [1.29, 1.82) is 0 Å². The average Bonchev–Trinajstić information content (AvgIpc) is 3.97. The molecule has 3 aliphatic rings. The fourth-order valence-corrected chi connectivity index (χ4v) is 14.5. The quantitative estimate of drug-likeness (QED) is 0.0117. The molecule has 1 aromatic heterocycles. The summed E-state index contributed by atoms with van der Waals surface area (Å²) in [6.45, 7) is 12.8. The molecule has 26 heteroatoms. The van der Waals surface area contributed by atoms with E-state index in [9.17, 15) is 60.8 Å². The van der Waals surface area contributed by atoms with E-state index >= 15 is 0 Å². The van der Waals surface area contributed by atoms with Crippen molar-refractivity contribution in [2.75, 3.05) is 30.8 Å². The molecule has 1 amide bonds. The van der Waals surface area contributed by atoms with Crippen molar-refractivity contribution in [3.8, 4) is 0 Å². The van der Waals surface area contributed by atoms with Crippen LogP contribution >= 0.6 is 23.2 Å². The summed E-state index contributed by atoms with van der Waals surface area (Å²) >= 11 is 0. The number of amides is 1. The minimum atomic E-state index is -5.71. The lowest BCUT2D eigenvalue weighted by Crippen LogP contribution is -2.33. The Morgan fingerprint density at radius 2 is 1.62 bits per heavy atom. The van der Waals surface area contributed by atoms with Crippen LogP contribution in [0.3, 0.4) is 0 Å². The van der Waals surface area contributed by atoms with Crippen LogP contribution in [-0.2, 0) is 70.3 Å². The van der Waals surface area contributed by atoms with E-state index in [-0.39, 0.29) is 47.6 Å². The fourth-order valence-electron chi connectivity index (χ4n) is 9.89. The number of unbranched alkanes of at least 4 members (excludes halogenated alkanes) is 2. The molecule has 0 spiro atoms. The average molecular weight is 1160 g/mol. The zero-order valence-corrected chi connectivity index (χ0v) is 47.6. The van der Waals surface area contributed by atoms with Gasteiger partial charge in [0, 0.05) is 78.6 Å². The molecule has 6 atom stereocenters. The molecule has 4 aromatic rings. The summed E-state index contributed by atoms with van der Waals surface area (Å²) in [5, 5.41) is 13.3. The number of anilines is 1. The lowest BCUT2D eigenvalue weighted by molar-refractivity contribution is -0.438. The number of aromatic amines is 1. The largest absolute Gasteiger partial charge is 0.488 e. The highest BCUT2D eigenvalue weighted by Gasteiger charge is 2.46. The molecule has 0 aliphatic carbocycles. The number of phosphoric ester groups is 1. The number of para-hydroxylation sites is 1. The molecular formula is C52H67N5O17P3S+. The minimum Gasteiger partial charge on any atom is -0.390 e. The summed E-state index contributed by atoms with van der Waals surface area (Å²) in [6, 6.07) is 19.7. The third-order valence-corrected chi connectivity index (χ3v) is 19.6. The van der Waals surface area contributed by atoms with Gasteiger partial charge in [-0.25, -0.2) is 18.2 Å². The first-order chi connectivity index (χ1) is 36.5. The molecule has 4 heterocycles. The molecule has 0 bridgehead atoms. The Kier molecular flexibility index (Phi) is 18.8. The number of aryl methyl sites for hydroxylation is 2. The normalized spacial score (nSPS) is 21.7. The highest BCUT2D eigenvalue weighted by atomic mass is 32.2. The lowest BCUT2D eigenvalue weighted by atomic mass is 9.81. The Hall–Kier alpha value is -5.22. The van der Waals surface area contributed by atoms with Gasteiger partial charge in [-0.3, -0.25) is 32.8 Å². The van der Waals surface area contributed by atoms with E-state index in [4.69, 9.17) is 9.26 Å². The van der Waals surface area contributed by atoms with Crippen LogP contribution in [0.4, 0.5) is 11.4 Å². The minimum absolute atomic E-state index is 0.131. The molecule has 7 N–H and O–H groups in total. The van der Waals surface area contributed by atoms with Gasteiger partial charge < -0.3 is 34.7 Å². The van der Waals surface area contributed by atoms with E-state index < -0.39 is 81.2 Å². The van der Waals surface area contributed by atoms with Gasteiger partial charge in [-0.15, -0.1) is 0 Å². The molecule has 22 nitrogen and oxygen atoms in total. The fraction of sp³-hybridized carbons (Fsp3) is 0.423. The van der Waals surface area contributed by atoms with Crippen LogP contribution in [0.1, 0.15) is 101 Å². The number of phosphoric acid groups is 2. The van der Waals surface area contributed by atoms with Crippen LogP contribution in [0.5, 0.6) is 0 Å².